The van der Waals surface area contributed by atoms with Crippen molar-refractivity contribution in [1.29, 1.82) is 5.41 Å². The number of aliphatic imine (C=N–C) groups is 1. The van der Waals surface area contributed by atoms with E-state index in [9.17, 15) is 0 Å². The van der Waals surface area contributed by atoms with Gasteiger partial charge in [0.25, 0.3) is 0 Å². The van der Waals surface area contributed by atoms with E-state index >= 15 is 0 Å². The highest BCUT2D eigenvalue weighted by molar-refractivity contribution is 6.14. The molecule has 106 valence electrons. The molecule has 0 saturated heterocycles. The molecule has 0 aliphatic heterocycles. The van der Waals surface area contributed by atoms with Gasteiger partial charge >= 0.3 is 0 Å². The van der Waals surface area contributed by atoms with Gasteiger partial charge in [0.15, 0.2) is 0 Å². The fraction of sp³-hybridized carbons (Fsp3) is 0.857. The summed E-state index contributed by atoms with van der Waals surface area (Å²) in [5.41, 5.74) is 5.38. The summed E-state index contributed by atoms with van der Waals surface area (Å²) in [6.07, 6.45) is 4.35. The number of rotatable bonds is 8. The smallest absolute Gasteiger partial charge is 0.0643 e. The summed E-state index contributed by atoms with van der Waals surface area (Å²) in [4.78, 5) is 4.30. The van der Waals surface area contributed by atoms with E-state index in [2.05, 4.69) is 18.8 Å². The molecule has 0 unspecified atom stereocenters. The highest BCUT2D eigenvalue weighted by atomic mass is 16.5. The lowest BCUT2D eigenvalue weighted by Gasteiger charge is -2.33. The number of hydrogen-bond acceptors (Lipinski definition) is 4. The molecule has 0 aromatic heterocycles. The second kappa shape index (κ2) is 6.43. The van der Waals surface area contributed by atoms with Gasteiger partial charge in [-0.2, -0.15) is 0 Å². The third-order valence-electron chi connectivity index (χ3n) is 2.59. The van der Waals surface area contributed by atoms with Gasteiger partial charge < -0.3 is 15.9 Å². The number of nitrogens with zero attached hydrogens (tertiary/aromatic N) is 1. The van der Waals surface area contributed by atoms with Crippen molar-refractivity contribution >= 4 is 12.4 Å². The van der Waals surface area contributed by atoms with Crippen molar-refractivity contribution in [3.05, 3.63) is 0 Å². The SMILES string of the molecule is CC(C)(N)CC(C)(C)OCCC(C)(C)/N=C/C=N. The number of nitrogens with one attached hydrogen (secondary N) is 1. The Balaban J connectivity index is 4.18. The third-order valence-corrected chi connectivity index (χ3v) is 2.59. The van der Waals surface area contributed by atoms with Crippen LogP contribution >= 0.6 is 0 Å². The minimum Gasteiger partial charge on any atom is -0.375 e. The molecule has 18 heavy (non-hydrogen) atoms. The fourth-order valence-corrected chi connectivity index (χ4v) is 2.03. The highest BCUT2D eigenvalue weighted by Crippen LogP contribution is 2.23. The Labute approximate surface area is 112 Å². The van der Waals surface area contributed by atoms with Crippen molar-refractivity contribution in [2.24, 2.45) is 10.7 Å². The van der Waals surface area contributed by atoms with Gasteiger partial charge in [-0.25, -0.2) is 0 Å². The molecule has 0 aliphatic rings. The van der Waals surface area contributed by atoms with Crippen LogP contribution in [-0.4, -0.2) is 35.7 Å². The van der Waals surface area contributed by atoms with Gasteiger partial charge in [0.1, 0.15) is 0 Å². The molecule has 0 saturated carbocycles. The van der Waals surface area contributed by atoms with Crippen molar-refractivity contribution < 1.29 is 4.74 Å². The van der Waals surface area contributed by atoms with E-state index in [0.29, 0.717) is 6.61 Å². The van der Waals surface area contributed by atoms with Crippen LogP contribution in [-0.2, 0) is 4.74 Å². The topological polar surface area (TPSA) is 71.5 Å². The van der Waals surface area contributed by atoms with E-state index in [1.807, 2.05) is 27.7 Å². The molecule has 0 spiro atoms. The van der Waals surface area contributed by atoms with Gasteiger partial charge in [0, 0.05) is 24.6 Å². The molecule has 0 rings (SSSR count). The molecule has 0 fully saturated rings. The zero-order chi connectivity index (χ0) is 14.4. The molecular formula is C14H29N3O. The van der Waals surface area contributed by atoms with E-state index in [-0.39, 0.29) is 16.7 Å². The van der Waals surface area contributed by atoms with E-state index in [1.54, 1.807) is 0 Å². The summed E-state index contributed by atoms with van der Waals surface area (Å²) >= 11 is 0. The maximum Gasteiger partial charge on any atom is 0.0643 e. The maximum atomic E-state index is 6.94. The lowest BCUT2D eigenvalue weighted by atomic mass is 9.90. The number of nitrogens with two attached hydrogens (primary N) is 1. The molecule has 4 heteroatoms. The largest absolute Gasteiger partial charge is 0.375 e. The summed E-state index contributed by atoms with van der Waals surface area (Å²) in [5.74, 6) is 0. The standard InChI is InChI=1S/C14H29N3O/c1-12(2,16)11-14(5,6)18-10-7-13(3,4)17-9-8-15/h8-9,15H,7,10-11,16H2,1-6H3/b15-8?,17-9+. The third kappa shape index (κ3) is 9.31. The van der Waals surface area contributed by atoms with Crippen LogP contribution < -0.4 is 5.73 Å². The van der Waals surface area contributed by atoms with Crippen molar-refractivity contribution in [3.63, 3.8) is 0 Å². The summed E-state index contributed by atoms with van der Waals surface area (Å²) in [6.45, 7) is 12.9. The zero-order valence-corrected chi connectivity index (χ0v) is 12.7. The molecule has 0 atom stereocenters. The predicted octanol–water partition coefficient (Wildman–Crippen LogP) is 2.80. The Morgan fingerprint density at radius 1 is 1.17 bits per heavy atom. The van der Waals surface area contributed by atoms with Gasteiger partial charge in [-0.1, -0.05) is 0 Å². The average Bonchev–Trinajstić information content (AvgIpc) is 2.10. The number of hydrogen-bond donors (Lipinski definition) is 2. The summed E-state index contributed by atoms with van der Waals surface area (Å²) in [7, 11) is 0. The zero-order valence-electron chi connectivity index (χ0n) is 12.7. The van der Waals surface area contributed by atoms with Gasteiger partial charge in [-0.15, -0.1) is 0 Å². The van der Waals surface area contributed by atoms with Crippen LogP contribution in [0.15, 0.2) is 4.99 Å². The monoisotopic (exact) mass is 255 g/mol. The molecule has 0 aromatic rings. The van der Waals surface area contributed by atoms with Gasteiger partial charge in [0.2, 0.25) is 0 Å². The molecule has 0 aliphatic carbocycles. The van der Waals surface area contributed by atoms with Crippen molar-refractivity contribution in [1.82, 2.24) is 0 Å². The Kier molecular flexibility index (Phi) is 6.17. The van der Waals surface area contributed by atoms with Crippen LogP contribution in [0.5, 0.6) is 0 Å². The lowest BCUT2D eigenvalue weighted by molar-refractivity contribution is -0.0395. The summed E-state index contributed by atoms with van der Waals surface area (Å²) in [5, 5.41) is 6.94. The molecule has 3 N–H and O–H groups in total. The first kappa shape index (κ1) is 17.3. The molecule has 0 radical (unpaired) electrons. The maximum absolute atomic E-state index is 6.94. The molecular weight excluding hydrogens is 226 g/mol. The van der Waals surface area contributed by atoms with Crippen LogP contribution in [0.25, 0.3) is 0 Å². The van der Waals surface area contributed by atoms with Gasteiger partial charge in [0.05, 0.1) is 11.1 Å². The molecule has 4 nitrogen and oxygen atoms in total. The van der Waals surface area contributed by atoms with Gasteiger partial charge in [-0.3, -0.25) is 4.99 Å². The second-order valence-electron chi connectivity index (χ2n) is 6.78. The molecule has 0 bridgehead atoms. The second-order valence-corrected chi connectivity index (χ2v) is 6.78. The van der Waals surface area contributed by atoms with E-state index < -0.39 is 0 Å². The van der Waals surface area contributed by atoms with E-state index in [1.165, 1.54) is 12.4 Å². The van der Waals surface area contributed by atoms with Gasteiger partial charge in [-0.05, 0) is 54.4 Å². The Bertz CT molecular complexity index is 288. The predicted molar refractivity (Wildman–Crippen MR) is 78.9 cm³/mol. The molecule has 0 amide bonds. The van der Waals surface area contributed by atoms with Crippen molar-refractivity contribution in [2.45, 2.75) is 71.1 Å². The van der Waals surface area contributed by atoms with Crippen LogP contribution in [0.1, 0.15) is 54.4 Å². The van der Waals surface area contributed by atoms with Crippen molar-refractivity contribution in [3.8, 4) is 0 Å². The van der Waals surface area contributed by atoms with Crippen LogP contribution in [0.2, 0.25) is 0 Å². The van der Waals surface area contributed by atoms with Crippen LogP contribution in [0, 0.1) is 5.41 Å². The Morgan fingerprint density at radius 3 is 2.17 bits per heavy atom. The first-order chi connectivity index (χ1) is 7.97. The summed E-state index contributed by atoms with van der Waals surface area (Å²) < 4.78 is 5.91. The lowest BCUT2D eigenvalue weighted by Crippen LogP contribution is -2.42. The van der Waals surface area contributed by atoms with Crippen LogP contribution in [0.4, 0.5) is 0 Å². The Morgan fingerprint density at radius 2 is 1.72 bits per heavy atom. The van der Waals surface area contributed by atoms with E-state index in [0.717, 1.165) is 12.8 Å². The van der Waals surface area contributed by atoms with E-state index in [4.69, 9.17) is 15.9 Å². The first-order valence-electron chi connectivity index (χ1n) is 6.45. The minimum atomic E-state index is -0.225. The minimum absolute atomic E-state index is 0.189. The first-order valence-corrected chi connectivity index (χ1v) is 6.45. The van der Waals surface area contributed by atoms with Crippen LogP contribution in [0.3, 0.4) is 0 Å². The quantitative estimate of drug-likeness (QED) is 0.655. The van der Waals surface area contributed by atoms with Crippen molar-refractivity contribution in [2.75, 3.05) is 6.61 Å². The Hall–Kier alpha value is -0.740. The molecule has 0 heterocycles. The number of ether oxygens (including phenoxy) is 1. The average molecular weight is 255 g/mol. The highest BCUT2D eigenvalue weighted by Gasteiger charge is 2.27. The normalized spacial score (nSPS) is 14.2. The fourth-order valence-electron chi connectivity index (χ4n) is 2.03. The summed E-state index contributed by atoms with van der Waals surface area (Å²) in [6, 6.07) is 0. The molecule has 0 aromatic carbocycles.